The SMILES string of the molecule is Fc1cc(N2CCC2)ccn1. The van der Waals surface area contributed by atoms with Gasteiger partial charge < -0.3 is 4.90 Å². The van der Waals surface area contributed by atoms with Crippen LogP contribution in [-0.2, 0) is 0 Å². The molecule has 1 saturated heterocycles. The third kappa shape index (κ3) is 1.18. The van der Waals surface area contributed by atoms with Crippen molar-refractivity contribution in [1.29, 1.82) is 0 Å². The quantitative estimate of drug-likeness (QED) is 0.566. The molecule has 2 heterocycles. The van der Waals surface area contributed by atoms with E-state index >= 15 is 0 Å². The van der Waals surface area contributed by atoms with Gasteiger partial charge in [-0.3, -0.25) is 0 Å². The van der Waals surface area contributed by atoms with Crippen LogP contribution in [0.25, 0.3) is 0 Å². The van der Waals surface area contributed by atoms with Crippen molar-refractivity contribution in [2.45, 2.75) is 6.42 Å². The van der Waals surface area contributed by atoms with Crippen LogP contribution in [0.5, 0.6) is 0 Å². The molecule has 0 radical (unpaired) electrons. The smallest absolute Gasteiger partial charge is 0.214 e. The summed E-state index contributed by atoms with van der Waals surface area (Å²) in [6.45, 7) is 2.09. The zero-order valence-electron chi connectivity index (χ0n) is 6.13. The van der Waals surface area contributed by atoms with Gasteiger partial charge in [-0.15, -0.1) is 0 Å². The van der Waals surface area contributed by atoms with Gasteiger partial charge in [-0.25, -0.2) is 4.98 Å². The summed E-state index contributed by atoms with van der Waals surface area (Å²) in [6, 6.07) is 3.31. The minimum atomic E-state index is -0.394. The van der Waals surface area contributed by atoms with E-state index in [2.05, 4.69) is 9.88 Å². The molecule has 1 aromatic rings. The molecule has 1 aliphatic heterocycles. The Balaban J connectivity index is 2.23. The molecule has 0 unspecified atom stereocenters. The molecule has 0 saturated carbocycles. The first-order chi connectivity index (χ1) is 5.36. The van der Waals surface area contributed by atoms with Crippen molar-refractivity contribution in [3.63, 3.8) is 0 Å². The Morgan fingerprint density at radius 1 is 1.45 bits per heavy atom. The second-order valence-corrected chi connectivity index (χ2v) is 2.68. The van der Waals surface area contributed by atoms with Gasteiger partial charge in [0, 0.05) is 31.0 Å². The highest BCUT2D eigenvalue weighted by molar-refractivity contribution is 5.46. The molecular weight excluding hydrogens is 143 g/mol. The van der Waals surface area contributed by atoms with E-state index in [-0.39, 0.29) is 0 Å². The first kappa shape index (κ1) is 6.58. The Kier molecular flexibility index (Phi) is 1.49. The number of pyridine rings is 1. The third-order valence-corrected chi connectivity index (χ3v) is 1.93. The fourth-order valence-electron chi connectivity index (χ4n) is 1.16. The van der Waals surface area contributed by atoms with E-state index in [0.717, 1.165) is 18.8 Å². The average Bonchev–Trinajstić information content (AvgIpc) is 1.83. The van der Waals surface area contributed by atoms with Crippen LogP contribution in [0.1, 0.15) is 6.42 Å². The average molecular weight is 152 g/mol. The Labute approximate surface area is 64.7 Å². The zero-order valence-corrected chi connectivity index (χ0v) is 6.13. The van der Waals surface area contributed by atoms with Crippen LogP contribution in [0.2, 0.25) is 0 Å². The summed E-state index contributed by atoms with van der Waals surface area (Å²) in [6.07, 6.45) is 2.72. The maximum Gasteiger partial charge on any atom is 0.214 e. The first-order valence-electron chi connectivity index (χ1n) is 3.73. The molecule has 58 valence electrons. The fourth-order valence-corrected chi connectivity index (χ4v) is 1.16. The topological polar surface area (TPSA) is 16.1 Å². The maximum absolute atomic E-state index is 12.6. The zero-order chi connectivity index (χ0) is 7.68. The van der Waals surface area contributed by atoms with E-state index in [1.54, 1.807) is 0 Å². The molecule has 2 rings (SSSR count). The Morgan fingerprint density at radius 2 is 2.27 bits per heavy atom. The number of nitrogens with zero attached hydrogens (tertiary/aromatic N) is 2. The van der Waals surface area contributed by atoms with Crippen LogP contribution in [0.3, 0.4) is 0 Å². The molecule has 0 N–H and O–H groups in total. The Bertz CT molecular complexity index is 258. The van der Waals surface area contributed by atoms with E-state index in [0.29, 0.717) is 0 Å². The molecule has 11 heavy (non-hydrogen) atoms. The molecule has 1 fully saturated rings. The minimum absolute atomic E-state index is 0.394. The molecule has 0 amide bonds. The molecule has 1 aliphatic rings. The summed E-state index contributed by atoms with van der Waals surface area (Å²) in [5.74, 6) is -0.394. The van der Waals surface area contributed by atoms with Gasteiger partial charge in [0.15, 0.2) is 0 Å². The summed E-state index contributed by atoms with van der Waals surface area (Å²) in [7, 11) is 0. The molecule has 0 aliphatic carbocycles. The number of aromatic nitrogens is 1. The van der Waals surface area contributed by atoms with Crippen molar-refractivity contribution in [3.05, 3.63) is 24.3 Å². The second kappa shape index (κ2) is 2.49. The van der Waals surface area contributed by atoms with Crippen molar-refractivity contribution in [2.24, 2.45) is 0 Å². The number of hydrogen-bond acceptors (Lipinski definition) is 2. The number of rotatable bonds is 1. The highest BCUT2D eigenvalue weighted by Crippen LogP contribution is 2.19. The van der Waals surface area contributed by atoms with Gasteiger partial charge in [-0.1, -0.05) is 0 Å². The monoisotopic (exact) mass is 152 g/mol. The highest BCUT2D eigenvalue weighted by Gasteiger charge is 2.14. The minimum Gasteiger partial charge on any atom is -0.371 e. The van der Waals surface area contributed by atoms with Crippen LogP contribution in [0.15, 0.2) is 18.3 Å². The van der Waals surface area contributed by atoms with E-state index in [1.807, 2.05) is 6.07 Å². The Hall–Kier alpha value is -1.12. The Morgan fingerprint density at radius 3 is 2.82 bits per heavy atom. The summed E-state index contributed by atoms with van der Waals surface area (Å²) >= 11 is 0. The summed E-state index contributed by atoms with van der Waals surface area (Å²) < 4.78 is 12.6. The second-order valence-electron chi connectivity index (χ2n) is 2.68. The predicted octanol–water partition coefficient (Wildman–Crippen LogP) is 1.43. The lowest BCUT2D eigenvalue weighted by Gasteiger charge is -2.32. The fraction of sp³-hybridized carbons (Fsp3) is 0.375. The molecule has 2 nitrogen and oxygen atoms in total. The largest absolute Gasteiger partial charge is 0.371 e. The number of hydrogen-bond donors (Lipinski definition) is 0. The molecule has 3 heteroatoms. The molecule has 0 bridgehead atoms. The standard InChI is InChI=1S/C8H9FN2/c9-8-6-7(2-3-10-8)11-4-1-5-11/h2-3,6H,1,4-5H2. The molecule has 1 aromatic heterocycles. The lowest BCUT2D eigenvalue weighted by atomic mass is 10.2. The van der Waals surface area contributed by atoms with Crippen LogP contribution in [0.4, 0.5) is 10.1 Å². The van der Waals surface area contributed by atoms with Crippen molar-refractivity contribution in [3.8, 4) is 0 Å². The summed E-state index contributed by atoms with van der Waals surface area (Å²) in [4.78, 5) is 5.62. The van der Waals surface area contributed by atoms with Gasteiger partial charge in [0.05, 0.1) is 0 Å². The first-order valence-corrected chi connectivity index (χ1v) is 3.73. The highest BCUT2D eigenvalue weighted by atomic mass is 19.1. The normalized spacial score (nSPS) is 16.3. The van der Waals surface area contributed by atoms with E-state index < -0.39 is 5.95 Å². The van der Waals surface area contributed by atoms with Crippen molar-refractivity contribution >= 4 is 5.69 Å². The number of anilines is 1. The van der Waals surface area contributed by atoms with E-state index in [4.69, 9.17) is 0 Å². The van der Waals surface area contributed by atoms with E-state index in [1.165, 1.54) is 18.7 Å². The van der Waals surface area contributed by atoms with Gasteiger partial charge in [-0.05, 0) is 12.5 Å². The third-order valence-electron chi connectivity index (χ3n) is 1.93. The van der Waals surface area contributed by atoms with Crippen molar-refractivity contribution in [2.75, 3.05) is 18.0 Å². The van der Waals surface area contributed by atoms with Crippen LogP contribution in [-0.4, -0.2) is 18.1 Å². The van der Waals surface area contributed by atoms with Crippen LogP contribution in [0, 0.1) is 5.95 Å². The van der Waals surface area contributed by atoms with E-state index in [9.17, 15) is 4.39 Å². The van der Waals surface area contributed by atoms with Crippen molar-refractivity contribution in [1.82, 2.24) is 4.98 Å². The van der Waals surface area contributed by atoms with Gasteiger partial charge in [0.2, 0.25) is 5.95 Å². The van der Waals surface area contributed by atoms with Gasteiger partial charge in [0.1, 0.15) is 0 Å². The molecule has 0 spiro atoms. The van der Waals surface area contributed by atoms with Crippen LogP contribution >= 0.6 is 0 Å². The summed E-state index contributed by atoms with van der Waals surface area (Å²) in [5.41, 5.74) is 0.948. The molecule has 0 aromatic carbocycles. The molecule has 0 atom stereocenters. The number of halogens is 1. The molecular formula is C8H9FN2. The van der Waals surface area contributed by atoms with Crippen molar-refractivity contribution < 1.29 is 4.39 Å². The lowest BCUT2D eigenvalue weighted by molar-refractivity contribution is 0.574. The predicted molar refractivity (Wildman–Crippen MR) is 41.0 cm³/mol. The maximum atomic E-state index is 12.6. The van der Waals surface area contributed by atoms with Gasteiger partial charge >= 0.3 is 0 Å². The lowest BCUT2D eigenvalue weighted by Crippen LogP contribution is -2.36. The van der Waals surface area contributed by atoms with Crippen LogP contribution < -0.4 is 4.90 Å². The van der Waals surface area contributed by atoms with Gasteiger partial charge in [0.25, 0.3) is 0 Å². The summed E-state index contributed by atoms with van der Waals surface area (Å²) in [5, 5.41) is 0. The van der Waals surface area contributed by atoms with Gasteiger partial charge in [-0.2, -0.15) is 4.39 Å².